The molecular weight excluding hydrogens is 656 g/mol. The molecule has 6 N–H and O–H groups in total. The van der Waals surface area contributed by atoms with Gasteiger partial charge >= 0.3 is 6.03 Å². The lowest BCUT2D eigenvalue weighted by Gasteiger charge is -2.38. The molecule has 1 aliphatic heterocycles. The van der Waals surface area contributed by atoms with Gasteiger partial charge in [-0.1, -0.05) is 73.7 Å². The minimum absolute atomic E-state index is 0.136. The van der Waals surface area contributed by atoms with Gasteiger partial charge in [0.15, 0.2) is 5.75 Å². The molecule has 0 saturated heterocycles. The highest BCUT2D eigenvalue weighted by molar-refractivity contribution is 6.08. The lowest BCUT2D eigenvalue weighted by Crippen LogP contribution is -2.49. The van der Waals surface area contributed by atoms with Gasteiger partial charge < -0.3 is 36.4 Å². The molecule has 5 aromatic rings. The summed E-state index contributed by atoms with van der Waals surface area (Å²) in [5.74, 6) is -0.398. The Balaban J connectivity index is 1.20. The minimum atomic E-state index is -0.477. The molecule has 3 atom stereocenters. The first-order chi connectivity index (χ1) is 25.1. The van der Waals surface area contributed by atoms with E-state index in [0.717, 1.165) is 16.3 Å². The van der Waals surface area contributed by atoms with Gasteiger partial charge in [-0.3, -0.25) is 14.5 Å². The molecular formula is C41H44N6O5. The summed E-state index contributed by atoms with van der Waals surface area (Å²) in [7, 11) is 1.98. The second-order valence-electron chi connectivity index (χ2n) is 13.3. The quantitative estimate of drug-likeness (QED) is 0.102. The monoisotopic (exact) mass is 700 g/mol. The number of para-hydroxylation sites is 3. The van der Waals surface area contributed by atoms with Gasteiger partial charge in [0.2, 0.25) is 0 Å². The molecule has 6 rings (SSSR count). The Bertz CT molecular complexity index is 2060. The zero-order valence-electron chi connectivity index (χ0n) is 29.5. The Hall–Kier alpha value is -5.91. The number of amides is 4. The van der Waals surface area contributed by atoms with Crippen LogP contribution < -0.4 is 26.4 Å². The number of anilines is 4. The first-order valence-electron chi connectivity index (χ1n) is 17.3. The molecule has 0 aromatic heterocycles. The van der Waals surface area contributed by atoms with Crippen molar-refractivity contribution < 1.29 is 24.2 Å². The maximum atomic E-state index is 13.9. The molecule has 1 heterocycles. The maximum absolute atomic E-state index is 13.9. The van der Waals surface area contributed by atoms with E-state index in [-0.39, 0.29) is 30.1 Å². The number of hydrogen-bond donors (Lipinski definition) is 5. The van der Waals surface area contributed by atoms with Crippen molar-refractivity contribution in [1.82, 2.24) is 9.80 Å². The third-order valence-corrected chi connectivity index (χ3v) is 9.35. The van der Waals surface area contributed by atoms with Gasteiger partial charge in [0.1, 0.15) is 6.10 Å². The Morgan fingerprint density at radius 1 is 0.885 bits per heavy atom. The molecule has 0 spiro atoms. The van der Waals surface area contributed by atoms with Gasteiger partial charge in [0.25, 0.3) is 11.8 Å². The van der Waals surface area contributed by atoms with Crippen LogP contribution in [-0.2, 0) is 6.54 Å². The topological polar surface area (TPSA) is 149 Å². The summed E-state index contributed by atoms with van der Waals surface area (Å²) >= 11 is 0. The van der Waals surface area contributed by atoms with Crippen molar-refractivity contribution in [3.8, 4) is 5.75 Å². The maximum Gasteiger partial charge on any atom is 0.323 e. The second kappa shape index (κ2) is 16.0. The summed E-state index contributed by atoms with van der Waals surface area (Å²) in [4.78, 5) is 44.0. The van der Waals surface area contributed by atoms with Crippen LogP contribution in [0.5, 0.6) is 5.75 Å². The highest BCUT2D eigenvalue weighted by Gasteiger charge is 2.34. The predicted molar refractivity (Wildman–Crippen MR) is 206 cm³/mol. The number of fused-ring (bicyclic) bond motifs is 2. The molecule has 0 bridgehead atoms. The molecule has 11 nitrogen and oxygen atoms in total. The average Bonchev–Trinajstić information content (AvgIpc) is 3.14. The number of rotatable bonds is 10. The summed E-state index contributed by atoms with van der Waals surface area (Å²) in [5.41, 5.74) is 9.85. The third-order valence-electron chi connectivity index (χ3n) is 9.35. The van der Waals surface area contributed by atoms with Gasteiger partial charge in [0, 0.05) is 36.5 Å². The number of nitrogens with two attached hydrogens (primary N) is 1. The Morgan fingerprint density at radius 2 is 1.54 bits per heavy atom. The molecule has 0 unspecified atom stereocenters. The van der Waals surface area contributed by atoms with Crippen LogP contribution in [0.25, 0.3) is 10.8 Å². The third kappa shape index (κ3) is 8.17. The number of urea groups is 1. The molecule has 5 aromatic carbocycles. The molecule has 0 radical (unpaired) electrons. The van der Waals surface area contributed by atoms with Crippen LogP contribution in [0.15, 0.2) is 109 Å². The lowest BCUT2D eigenvalue weighted by atomic mass is 9.98. The van der Waals surface area contributed by atoms with Crippen LogP contribution in [-0.4, -0.2) is 71.6 Å². The lowest BCUT2D eigenvalue weighted by molar-refractivity contribution is 0.0343. The number of carbonyl (C=O) groups excluding carboxylic acids is 3. The van der Waals surface area contributed by atoms with Gasteiger partial charge in [-0.15, -0.1) is 0 Å². The summed E-state index contributed by atoms with van der Waals surface area (Å²) in [6, 6.07) is 32.2. The Morgan fingerprint density at radius 3 is 2.31 bits per heavy atom. The highest BCUT2D eigenvalue weighted by atomic mass is 16.5. The van der Waals surface area contributed by atoms with Crippen LogP contribution in [0.4, 0.5) is 27.5 Å². The number of nitrogens with zero attached hydrogens (tertiary/aromatic N) is 2. The van der Waals surface area contributed by atoms with Crippen LogP contribution in [0.2, 0.25) is 0 Å². The highest BCUT2D eigenvalue weighted by Crippen LogP contribution is 2.35. The number of likely N-dealkylation sites (N-methyl/N-ethyl adjacent to an activating group) is 1. The van der Waals surface area contributed by atoms with Crippen LogP contribution in [0, 0.1) is 5.92 Å². The summed E-state index contributed by atoms with van der Waals surface area (Å²) in [6.07, 6.45) is -0.393. The Labute approximate surface area is 303 Å². The molecule has 0 saturated carbocycles. The van der Waals surface area contributed by atoms with E-state index in [1.807, 2.05) is 87.6 Å². The largest absolute Gasteiger partial charge is 0.486 e. The van der Waals surface area contributed by atoms with E-state index in [0.29, 0.717) is 53.5 Å². The van der Waals surface area contributed by atoms with Crippen LogP contribution in [0.3, 0.4) is 0 Å². The normalized spacial score (nSPS) is 16.3. The molecule has 1 aliphatic rings. The standard InChI is InChI=1S/C41H44N6O5/c1-26-22-47(27(2)25-48)40(50)32-13-9-17-36(45-41(51)44-34-16-8-11-29-10-4-5-12-31(29)34)38(32)52-37(26)24-46(3)23-28-18-20-30(21-19-28)39(49)43-35-15-7-6-14-33(35)42/h4-21,26-27,37,48H,22-25,42H2,1-3H3,(H,43,49)(H2,44,45,51)/t26-,27+,37-/m0/s1. The summed E-state index contributed by atoms with van der Waals surface area (Å²) < 4.78 is 6.70. The zero-order chi connectivity index (χ0) is 36.8. The van der Waals surface area contributed by atoms with E-state index in [9.17, 15) is 19.5 Å². The molecule has 0 fully saturated rings. The first-order valence-corrected chi connectivity index (χ1v) is 17.3. The van der Waals surface area contributed by atoms with Gasteiger partial charge in [-0.05, 0) is 67.4 Å². The van der Waals surface area contributed by atoms with Crippen molar-refractivity contribution in [3.05, 3.63) is 126 Å². The number of carbonyl (C=O) groups is 3. The van der Waals surface area contributed by atoms with Crippen LogP contribution in [0.1, 0.15) is 40.1 Å². The van der Waals surface area contributed by atoms with Gasteiger partial charge in [0.05, 0.1) is 41.0 Å². The predicted octanol–water partition coefficient (Wildman–Crippen LogP) is 6.67. The molecule has 11 heteroatoms. The number of nitrogen functional groups attached to an aromatic ring is 1. The minimum Gasteiger partial charge on any atom is -0.486 e. The number of benzene rings is 5. The van der Waals surface area contributed by atoms with E-state index in [1.165, 1.54) is 0 Å². The molecule has 0 aliphatic carbocycles. The van der Waals surface area contributed by atoms with E-state index >= 15 is 0 Å². The second-order valence-corrected chi connectivity index (χ2v) is 13.3. The number of aliphatic hydroxyl groups excluding tert-OH is 1. The van der Waals surface area contributed by atoms with E-state index < -0.39 is 18.2 Å². The van der Waals surface area contributed by atoms with E-state index in [1.54, 1.807) is 47.4 Å². The molecule has 268 valence electrons. The number of hydrogen-bond acceptors (Lipinski definition) is 7. The van der Waals surface area contributed by atoms with E-state index in [4.69, 9.17) is 10.5 Å². The van der Waals surface area contributed by atoms with Crippen molar-refractivity contribution in [2.45, 2.75) is 32.5 Å². The van der Waals surface area contributed by atoms with Crippen molar-refractivity contribution in [1.29, 1.82) is 0 Å². The fourth-order valence-electron chi connectivity index (χ4n) is 6.42. The number of aliphatic hydroxyl groups is 1. The SMILES string of the molecule is C[C@H](CO)N1C[C@H](C)[C@H](CN(C)Cc2ccc(C(=O)Nc3ccccc3N)cc2)Oc2c(NC(=O)Nc3cccc4ccccc34)cccc2C1=O. The summed E-state index contributed by atoms with van der Waals surface area (Å²) in [5, 5.41) is 20.7. The van der Waals surface area contributed by atoms with Gasteiger partial charge in [-0.2, -0.15) is 0 Å². The first kappa shape index (κ1) is 35.9. The van der Waals surface area contributed by atoms with Crippen molar-refractivity contribution >= 4 is 51.4 Å². The van der Waals surface area contributed by atoms with Crippen molar-refractivity contribution in [3.63, 3.8) is 0 Å². The van der Waals surface area contributed by atoms with Crippen LogP contribution >= 0.6 is 0 Å². The zero-order valence-corrected chi connectivity index (χ0v) is 29.5. The Kier molecular flexibility index (Phi) is 11.0. The van der Waals surface area contributed by atoms with Crippen molar-refractivity contribution in [2.24, 2.45) is 5.92 Å². The van der Waals surface area contributed by atoms with E-state index in [2.05, 4.69) is 20.9 Å². The smallest absolute Gasteiger partial charge is 0.323 e. The molecule has 4 amide bonds. The summed E-state index contributed by atoms with van der Waals surface area (Å²) in [6.45, 7) is 5.05. The average molecular weight is 701 g/mol. The number of ether oxygens (including phenoxy) is 1. The molecule has 52 heavy (non-hydrogen) atoms. The van der Waals surface area contributed by atoms with Gasteiger partial charge in [-0.25, -0.2) is 4.79 Å². The fourth-order valence-corrected chi connectivity index (χ4v) is 6.42. The fraction of sp³-hybridized carbons (Fsp3) is 0.244. The number of nitrogens with one attached hydrogen (secondary N) is 3. The van der Waals surface area contributed by atoms with Crippen molar-refractivity contribution in [2.75, 3.05) is 48.4 Å².